The van der Waals surface area contributed by atoms with Crippen LogP contribution >= 0.6 is 11.3 Å². The summed E-state index contributed by atoms with van der Waals surface area (Å²) in [4.78, 5) is 27.1. The first-order valence-corrected chi connectivity index (χ1v) is 9.64. The molecule has 2 aromatic heterocycles. The van der Waals surface area contributed by atoms with Gasteiger partial charge in [0.15, 0.2) is 0 Å². The maximum Gasteiger partial charge on any atom is 0.255 e. The second kappa shape index (κ2) is 6.96. The Morgan fingerprint density at radius 1 is 1.19 bits per heavy atom. The molecule has 5 nitrogen and oxygen atoms in total. The van der Waals surface area contributed by atoms with E-state index in [1.807, 2.05) is 52.9 Å². The number of benzene rings is 1. The van der Waals surface area contributed by atoms with Crippen molar-refractivity contribution in [2.45, 2.75) is 19.5 Å². The number of amides is 2. The van der Waals surface area contributed by atoms with Gasteiger partial charge in [-0.3, -0.25) is 9.59 Å². The number of carbonyl (C=O) groups excluding carboxylic acids is 2. The number of thiophene rings is 1. The molecule has 1 atom stereocenters. The monoisotopic (exact) mass is 367 g/mol. The maximum atomic E-state index is 13.3. The molecule has 1 N–H and O–H groups in total. The number of fused-ring (bicyclic) bond motifs is 2. The third-order valence-corrected chi connectivity index (χ3v) is 5.92. The smallest absolute Gasteiger partial charge is 0.255 e. The number of nitrogens with one attached hydrogen (secondary N) is 1. The second-order valence-electron chi connectivity index (χ2n) is 6.73. The summed E-state index contributed by atoms with van der Waals surface area (Å²) in [7, 11) is 1.65. The van der Waals surface area contributed by atoms with Crippen molar-refractivity contribution in [3.05, 3.63) is 59.2 Å². The zero-order valence-corrected chi connectivity index (χ0v) is 15.5. The quantitative estimate of drug-likeness (QED) is 0.773. The molecule has 0 aliphatic carbocycles. The summed E-state index contributed by atoms with van der Waals surface area (Å²) in [5.41, 5.74) is 1.86. The van der Waals surface area contributed by atoms with Crippen LogP contribution in [-0.2, 0) is 17.9 Å². The lowest BCUT2D eigenvalue weighted by Gasteiger charge is -2.24. The highest BCUT2D eigenvalue weighted by molar-refractivity contribution is 7.17. The van der Waals surface area contributed by atoms with E-state index in [0.717, 1.165) is 27.9 Å². The molecule has 0 unspecified atom stereocenters. The van der Waals surface area contributed by atoms with Crippen molar-refractivity contribution in [3.63, 3.8) is 0 Å². The topological polar surface area (TPSA) is 54.3 Å². The van der Waals surface area contributed by atoms with Crippen molar-refractivity contribution in [3.8, 4) is 0 Å². The fourth-order valence-corrected chi connectivity index (χ4v) is 4.58. The molecule has 0 spiro atoms. The minimum absolute atomic E-state index is 0.0130. The van der Waals surface area contributed by atoms with Gasteiger partial charge in [0, 0.05) is 59.8 Å². The lowest BCUT2D eigenvalue weighted by atomic mass is 10.0. The fourth-order valence-electron chi connectivity index (χ4n) is 3.64. The molecule has 0 fully saturated rings. The molecule has 1 aromatic carbocycles. The minimum atomic E-state index is 0.0130. The number of nitrogens with zero attached hydrogens (tertiary/aromatic N) is 2. The summed E-state index contributed by atoms with van der Waals surface area (Å²) in [6, 6.07) is 12.0. The predicted molar refractivity (Wildman–Crippen MR) is 103 cm³/mol. The summed E-state index contributed by atoms with van der Waals surface area (Å²) in [6.07, 6.45) is 2.45. The second-order valence-corrected chi connectivity index (χ2v) is 7.64. The Balaban J connectivity index is 1.65. The first-order chi connectivity index (χ1) is 12.7. The number of aromatic nitrogens is 1. The lowest BCUT2D eigenvalue weighted by molar-refractivity contribution is -0.121. The van der Waals surface area contributed by atoms with Gasteiger partial charge in [0.05, 0.1) is 12.1 Å². The Labute approximate surface area is 156 Å². The zero-order chi connectivity index (χ0) is 18.1. The third kappa shape index (κ3) is 3.12. The maximum absolute atomic E-state index is 13.3. The highest BCUT2D eigenvalue weighted by atomic mass is 32.1. The Morgan fingerprint density at radius 2 is 2.04 bits per heavy atom. The summed E-state index contributed by atoms with van der Waals surface area (Å²) in [5, 5.41) is 5.65. The highest BCUT2D eigenvalue weighted by Crippen LogP contribution is 2.28. The van der Waals surface area contributed by atoms with Gasteiger partial charge in [-0.05, 0) is 18.2 Å². The van der Waals surface area contributed by atoms with Crippen LogP contribution in [0.2, 0.25) is 0 Å². The molecule has 26 heavy (non-hydrogen) atoms. The summed E-state index contributed by atoms with van der Waals surface area (Å²) < 4.78 is 3.28. The number of rotatable bonds is 3. The van der Waals surface area contributed by atoms with E-state index < -0.39 is 0 Å². The molecular weight excluding hydrogens is 346 g/mol. The van der Waals surface area contributed by atoms with E-state index >= 15 is 0 Å². The molecule has 6 heteroatoms. The SMILES string of the molecule is CNC(=O)C[C@@H]1CN(C(=O)c2csc3ccccc23)Cc2cccn2C1. The molecule has 3 aromatic rings. The van der Waals surface area contributed by atoms with Crippen LogP contribution in [0.1, 0.15) is 22.5 Å². The van der Waals surface area contributed by atoms with Crippen LogP contribution in [0.4, 0.5) is 0 Å². The van der Waals surface area contributed by atoms with Gasteiger partial charge in [-0.2, -0.15) is 0 Å². The van der Waals surface area contributed by atoms with Crippen molar-refractivity contribution in [2.24, 2.45) is 5.92 Å². The standard InChI is InChI=1S/C20H21N3O2S/c1-21-19(24)9-14-10-22-8-4-5-15(22)12-23(11-14)20(25)17-13-26-18-7-3-2-6-16(17)18/h2-8,13-14H,9-12H2,1H3,(H,21,24)/t14-/m0/s1. The minimum Gasteiger partial charge on any atom is -0.359 e. The van der Waals surface area contributed by atoms with Crippen LogP contribution in [0.3, 0.4) is 0 Å². The van der Waals surface area contributed by atoms with Gasteiger partial charge < -0.3 is 14.8 Å². The van der Waals surface area contributed by atoms with Crippen molar-refractivity contribution < 1.29 is 9.59 Å². The van der Waals surface area contributed by atoms with Crippen LogP contribution in [0.15, 0.2) is 48.0 Å². The fraction of sp³-hybridized carbons (Fsp3) is 0.300. The van der Waals surface area contributed by atoms with Gasteiger partial charge >= 0.3 is 0 Å². The van der Waals surface area contributed by atoms with Crippen LogP contribution in [0, 0.1) is 5.92 Å². The van der Waals surface area contributed by atoms with E-state index in [4.69, 9.17) is 0 Å². The Bertz CT molecular complexity index is 959. The molecule has 0 radical (unpaired) electrons. The Morgan fingerprint density at radius 3 is 2.88 bits per heavy atom. The van der Waals surface area contributed by atoms with E-state index in [-0.39, 0.29) is 17.7 Å². The van der Waals surface area contributed by atoms with Gasteiger partial charge in [-0.25, -0.2) is 0 Å². The van der Waals surface area contributed by atoms with Crippen molar-refractivity contribution in [1.82, 2.24) is 14.8 Å². The van der Waals surface area contributed by atoms with E-state index in [2.05, 4.69) is 9.88 Å². The predicted octanol–water partition coefficient (Wildman–Crippen LogP) is 3.11. The van der Waals surface area contributed by atoms with Crippen molar-refractivity contribution in [2.75, 3.05) is 13.6 Å². The first-order valence-electron chi connectivity index (χ1n) is 8.76. The van der Waals surface area contributed by atoms with Crippen LogP contribution < -0.4 is 5.32 Å². The zero-order valence-electron chi connectivity index (χ0n) is 14.6. The molecule has 134 valence electrons. The van der Waals surface area contributed by atoms with Crippen molar-refractivity contribution in [1.29, 1.82) is 0 Å². The summed E-state index contributed by atoms with van der Waals surface area (Å²) >= 11 is 1.60. The molecule has 2 amide bonds. The molecule has 1 aliphatic rings. The first kappa shape index (κ1) is 16.8. The molecule has 0 bridgehead atoms. The van der Waals surface area contributed by atoms with Gasteiger partial charge in [0.2, 0.25) is 5.91 Å². The van der Waals surface area contributed by atoms with E-state index in [0.29, 0.717) is 19.5 Å². The van der Waals surface area contributed by atoms with E-state index in [1.165, 1.54) is 0 Å². The van der Waals surface area contributed by atoms with Gasteiger partial charge in [0.25, 0.3) is 5.91 Å². The van der Waals surface area contributed by atoms with E-state index in [1.54, 1.807) is 18.4 Å². The average Bonchev–Trinajstić information content (AvgIpc) is 3.23. The lowest BCUT2D eigenvalue weighted by Crippen LogP contribution is -2.35. The van der Waals surface area contributed by atoms with Gasteiger partial charge in [0.1, 0.15) is 0 Å². The normalized spacial score (nSPS) is 17.0. The van der Waals surface area contributed by atoms with E-state index in [9.17, 15) is 9.59 Å². The van der Waals surface area contributed by atoms with Crippen LogP contribution in [0.5, 0.6) is 0 Å². The third-order valence-electron chi connectivity index (χ3n) is 4.96. The molecule has 0 saturated carbocycles. The van der Waals surface area contributed by atoms with Crippen molar-refractivity contribution >= 4 is 33.2 Å². The molecular formula is C20H21N3O2S. The van der Waals surface area contributed by atoms with Crippen LogP contribution in [-0.4, -0.2) is 34.9 Å². The summed E-state index contributed by atoms with van der Waals surface area (Å²) in [5.74, 6) is 0.149. The molecule has 3 heterocycles. The average molecular weight is 367 g/mol. The summed E-state index contributed by atoms with van der Waals surface area (Å²) in [6.45, 7) is 1.91. The largest absolute Gasteiger partial charge is 0.359 e. The number of hydrogen-bond donors (Lipinski definition) is 1. The number of hydrogen-bond acceptors (Lipinski definition) is 3. The van der Waals surface area contributed by atoms with Gasteiger partial charge in [-0.1, -0.05) is 18.2 Å². The molecule has 4 rings (SSSR count). The molecule has 1 aliphatic heterocycles. The Kier molecular flexibility index (Phi) is 4.51. The Hall–Kier alpha value is -2.60. The van der Waals surface area contributed by atoms with Gasteiger partial charge in [-0.15, -0.1) is 11.3 Å². The molecule has 0 saturated heterocycles. The number of carbonyl (C=O) groups is 2. The highest BCUT2D eigenvalue weighted by Gasteiger charge is 2.28. The van der Waals surface area contributed by atoms with Crippen LogP contribution in [0.25, 0.3) is 10.1 Å².